The summed E-state index contributed by atoms with van der Waals surface area (Å²) in [6.45, 7) is 2.77. The molecule has 1 aromatic carbocycles. The number of aliphatic hydroxyl groups excluding tert-OH is 1. The summed E-state index contributed by atoms with van der Waals surface area (Å²) in [5.74, 6) is 1.43. The number of halogens is 2. The predicted molar refractivity (Wildman–Crippen MR) is 152 cm³/mol. The van der Waals surface area contributed by atoms with Crippen LogP contribution in [0, 0.1) is 11.8 Å². The molecule has 3 aromatic rings. The number of piperidine rings is 1. The largest absolute Gasteiger partial charge is 0.497 e. The zero-order valence-corrected chi connectivity index (χ0v) is 23.5. The van der Waals surface area contributed by atoms with E-state index in [2.05, 4.69) is 27.4 Å². The van der Waals surface area contributed by atoms with Crippen molar-refractivity contribution in [1.29, 1.82) is 0 Å². The van der Waals surface area contributed by atoms with Gasteiger partial charge in [0.05, 0.1) is 22.9 Å². The van der Waals surface area contributed by atoms with Gasteiger partial charge in [-0.05, 0) is 78.9 Å². The highest BCUT2D eigenvalue weighted by Crippen LogP contribution is 2.35. The van der Waals surface area contributed by atoms with Crippen LogP contribution in [0.5, 0.6) is 5.75 Å². The topological polar surface area (TPSA) is 82.9 Å². The molecule has 1 aliphatic heterocycles. The molecule has 10 heteroatoms. The SMILES string of the molecule is COc1ccc2nccc([C@@H](O)CC[C@@H]3CCN(CCSc4cccs4)C[C@@H]3CC(=O)O)c2c1.Cl.Cl. The second-order valence-electron chi connectivity index (χ2n) is 8.86. The van der Waals surface area contributed by atoms with Gasteiger partial charge in [-0.3, -0.25) is 9.78 Å². The first-order valence-corrected chi connectivity index (χ1v) is 13.6. The van der Waals surface area contributed by atoms with E-state index in [1.807, 2.05) is 36.0 Å². The fourth-order valence-electron chi connectivity index (χ4n) is 4.91. The summed E-state index contributed by atoms with van der Waals surface area (Å²) in [5, 5.41) is 23.5. The van der Waals surface area contributed by atoms with Gasteiger partial charge in [0.2, 0.25) is 0 Å². The third kappa shape index (κ3) is 8.23. The van der Waals surface area contributed by atoms with Crippen molar-refractivity contribution >= 4 is 64.8 Å². The summed E-state index contributed by atoms with van der Waals surface area (Å²) in [6, 6.07) is 11.8. The second-order valence-corrected chi connectivity index (χ2v) is 11.2. The van der Waals surface area contributed by atoms with Crippen LogP contribution in [0.1, 0.15) is 37.4 Å². The lowest BCUT2D eigenvalue weighted by atomic mass is 9.79. The van der Waals surface area contributed by atoms with Gasteiger partial charge in [-0.2, -0.15) is 0 Å². The number of pyridine rings is 1. The lowest BCUT2D eigenvalue weighted by molar-refractivity contribution is -0.139. The van der Waals surface area contributed by atoms with E-state index in [1.54, 1.807) is 24.6 Å². The lowest BCUT2D eigenvalue weighted by Gasteiger charge is -2.38. The van der Waals surface area contributed by atoms with Crippen molar-refractivity contribution in [3.8, 4) is 5.75 Å². The van der Waals surface area contributed by atoms with Gasteiger partial charge < -0.3 is 19.8 Å². The van der Waals surface area contributed by atoms with Crippen molar-refractivity contribution in [1.82, 2.24) is 9.88 Å². The number of aliphatic hydroxyl groups is 1. The smallest absolute Gasteiger partial charge is 0.303 e. The van der Waals surface area contributed by atoms with Gasteiger partial charge >= 0.3 is 5.97 Å². The number of thioether (sulfide) groups is 1. The third-order valence-electron chi connectivity index (χ3n) is 6.71. The van der Waals surface area contributed by atoms with E-state index < -0.39 is 12.1 Å². The van der Waals surface area contributed by atoms with Crippen LogP contribution in [0.3, 0.4) is 0 Å². The van der Waals surface area contributed by atoms with E-state index in [0.29, 0.717) is 12.3 Å². The van der Waals surface area contributed by atoms with Crippen molar-refractivity contribution in [3.05, 3.63) is 53.5 Å². The summed E-state index contributed by atoms with van der Waals surface area (Å²) >= 11 is 3.63. The highest BCUT2D eigenvalue weighted by atomic mass is 35.5. The van der Waals surface area contributed by atoms with Crippen LogP contribution >= 0.6 is 47.9 Å². The number of carbonyl (C=O) groups is 1. The normalized spacial score (nSPS) is 18.7. The van der Waals surface area contributed by atoms with Crippen LogP contribution in [-0.2, 0) is 4.79 Å². The maximum Gasteiger partial charge on any atom is 0.303 e. The van der Waals surface area contributed by atoms with E-state index in [4.69, 9.17) is 4.74 Å². The van der Waals surface area contributed by atoms with Crippen LogP contribution in [0.4, 0.5) is 0 Å². The molecule has 4 rings (SSSR count). The maximum atomic E-state index is 11.6. The van der Waals surface area contributed by atoms with E-state index in [9.17, 15) is 15.0 Å². The molecule has 0 bridgehead atoms. The summed E-state index contributed by atoms with van der Waals surface area (Å²) in [7, 11) is 1.63. The van der Waals surface area contributed by atoms with Gasteiger partial charge in [0.25, 0.3) is 0 Å². The van der Waals surface area contributed by atoms with Gasteiger partial charge in [0.1, 0.15) is 5.75 Å². The molecule has 2 N–H and O–H groups in total. The van der Waals surface area contributed by atoms with E-state index in [-0.39, 0.29) is 37.2 Å². The minimum Gasteiger partial charge on any atom is -0.497 e. The quantitative estimate of drug-likeness (QED) is 0.266. The van der Waals surface area contributed by atoms with E-state index in [0.717, 1.165) is 60.4 Å². The van der Waals surface area contributed by atoms with Crippen LogP contribution in [0.2, 0.25) is 0 Å². The second kappa shape index (κ2) is 15.0. The van der Waals surface area contributed by atoms with Crippen LogP contribution in [0.15, 0.2) is 52.2 Å². The average molecular weight is 574 g/mol. The van der Waals surface area contributed by atoms with Gasteiger partial charge in [-0.1, -0.05) is 6.07 Å². The molecule has 0 spiro atoms. The molecule has 1 aliphatic rings. The highest BCUT2D eigenvalue weighted by Gasteiger charge is 2.31. The number of ether oxygens (including phenoxy) is 1. The van der Waals surface area contributed by atoms with Gasteiger partial charge in [0.15, 0.2) is 0 Å². The van der Waals surface area contributed by atoms with Crippen LogP contribution in [0.25, 0.3) is 10.9 Å². The number of benzene rings is 1. The number of hydrogen-bond acceptors (Lipinski definition) is 7. The zero-order valence-electron chi connectivity index (χ0n) is 20.2. The molecule has 6 nitrogen and oxygen atoms in total. The average Bonchev–Trinajstić information content (AvgIpc) is 3.36. The molecule has 0 radical (unpaired) electrons. The first kappa shape index (κ1) is 30.7. The minimum atomic E-state index is -0.738. The molecule has 0 unspecified atom stereocenters. The van der Waals surface area contributed by atoms with Crippen molar-refractivity contribution in [3.63, 3.8) is 0 Å². The molecular formula is C26H34Cl2N2O4S2. The minimum absolute atomic E-state index is 0. The van der Waals surface area contributed by atoms with Crippen molar-refractivity contribution in [2.45, 2.75) is 36.0 Å². The Morgan fingerprint density at radius 2 is 2.11 bits per heavy atom. The number of carboxylic acid groups (broad SMARTS) is 1. The Balaban J connectivity index is 0.00000228. The number of fused-ring (bicyclic) bond motifs is 1. The third-order valence-corrected chi connectivity index (χ3v) is 8.82. The number of methoxy groups -OCH3 is 1. The molecule has 198 valence electrons. The van der Waals surface area contributed by atoms with E-state index in [1.165, 1.54) is 4.21 Å². The molecule has 0 aliphatic carbocycles. The number of nitrogens with zero attached hydrogens (tertiary/aromatic N) is 2. The van der Waals surface area contributed by atoms with Gasteiger partial charge in [0, 0.05) is 36.8 Å². The summed E-state index contributed by atoms with van der Waals surface area (Å²) in [4.78, 5) is 18.4. The summed E-state index contributed by atoms with van der Waals surface area (Å²) in [6.07, 6.45) is 3.68. The first-order chi connectivity index (χ1) is 16.5. The Morgan fingerprint density at radius 3 is 2.83 bits per heavy atom. The van der Waals surface area contributed by atoms with Crippen molar-refractivity contribution in [2.24, 2.45) is 11.8 Å². The van der Waals surface area contributed by atoms with E-state index >= 15 is 0 Å². The number of likely N-dealkylation sites (tertiary alicyclic amines) is 1. The number of aromatic nitrogens is 1. The molecule has 3 atom stereocenters. The number of aliphatic carboxylic acids is 1. The molecule has 0 saturated carbocycles. The molecule has 1 fully saturated rings. The Kier molecular flexibility index (Phi) is 12.8. The van der Waals surface area contributed by atoms with Crippen LogP contribution < -0.4 is 4.74 Å². The van der Waals surface area contributed by atoms with Gasteiger partial charge in [-0.25, -0.2) is 0 Å². The monoisotopic (exact) mass is 572 g/mol. The fraction of sp³-hybridized carbons (Fsp3) is 0.462. The Bertz CT molecular complexity index is 1090. The fourth-order valence-corrected chi connectivity index (χ4v) is 6.77. The van der Waals surface area contributed by atoms with Crippen molar-refractivity contribution < 1.29 is 19.7 Å². The molecule has 3 heterocycles. The highest BCUT2D eigenvalue weighted by molar-refractivity contribution is 8.01. The number of hydrogen-bond donors (Lipinski definition) is 2. The van der Waals surface area contributed by atoms with Crippen LogP contribution in [-0.4, -0.2) is 58.6 Å². The molecular weight excluding hydrogens is 539 g/mol. The predicted octanol–water partition coefficient (Wildman–Crippen LogP) is 6.17. The standard InChI is InChI=1S/C26H32N2O4S2.2ClH/c1-32-20-5-6-23-22(16-20)21(8-10-27-23)24(29)7-4-18-9-11-28(17-19(18)15-25(30)31)12-14-34-26-3-2-13-33-26;;/h2-3,5-6,8,10,13,16,18-19,24,29H,4,7,9,11-12,14-15,17H2,1H3,(H,30,31);2*1H/t18-,19+,24+;;/m1../s1. The molecule has 2 aromatic heterocycles. The lowest BCUT2D eigenvalue weighted by Crippen LogP contribution is -2.42. The first-order valence-electron chi connectivity index (χ1n) is 11.7. The maximum absolute atomic E-state index is 11.6. The molecule has 36 heavy (non-hydrogen) atoms. The Labute approximate surface area is 233 Å². The number of thiophene rings is 1. The molecule has 0 amide bonds. The number of carboxylic acids is 1. The Morgan fingerprint density at radius 1 is 1.28 bits per heavy atom. The molecule has 1 saturated heterocycles. The number of rotatable bonds is 11. The Hall–Kier alpha value is -1.55. The summed E-state index contributed by atoms with van der Waals surface area (Å²) < 4.78 is 6.68. The zero-order chi connectivity index (χ0) is 23.9. The van der Waals surface area contributed by atoms with Gasteiger partial charge in [-0.15, -0.1) is 47.9 Å². The van der Waals surface area contributed by atoms with Crippen molar-refractivity contribution in [2.75, 3.05) is 32.5 Å². The summed E-state index contributed by atoms with van der Waals surface area (Å²) in [5.41, 5.74) is 1.68.